The van der Waals surface area contributed by atoms with Gasteiger partial charge in [-0.3, -0.25) is 9.47 Å². The fourth-order valence-corrected chi connectivity index (χ4v) is 3.82. The zero-order valence-electron chi connectivity index (χ0n) is 11.8. The summed E-state index contributed by atoms with van der Waals surface area (Å²) in [7, 11) is 4.04. The van der Waals surface area contributed by atoms with Gasteiger partial charge in [0.05, 0.1) is 11.0 Å². The number of nitrogens with zero attached hydrogens (tertiary/aromatic N) is 2. The van der Waals surface area contributed by atoms with E-state index in [4.69, 9.17) is 0 Å². The first kappa shape index (κ1) is 12.0. The van der Waals surface area contributed by atoms with Crippen LogP contribution in [0.2, 0.25) is 0 Å². The summed E-state index contributed by atoms with van der Waals surface area (Å²) in [6.07, 6.45) is 7.21. The number of hydrogen-bond donors (Lipinski definition) is 1. The van der Waals surface area contributed by atoms with Gasteiger partial charge >= 0.3 is 5.69 Å². The van der Waals surface area contributed by atoms with Gasteiger partial charge in [0.1, 0.15) is 0 Å². The van der Waals surface area contributed by atoms with E-state index in [0.717, 1.165) is 11.0 Å². The van der Waals surface area contributed by atoms with Crippen molar-refractivity contribution in [3.63, 3.8) is 0 Å². The topological polar surface area (TPSA) is 41.0 Å². The molecule has 2 aromatic rings. The maximum absolute atomic E-state index is 11.7. The molecule has 1 aromatic heterocycles. The largest absolute Gasteiger partial charge is 0.326 e. The standard InChI is InChI=1S/C16H19N3O/c1-18-11-4-6-12(14(18)8-5-11)10-3-7-13-15(9-10)19(2)16(20)17-13/h3-4,6-7,9,11-12,14H,5,8H2,1-2H3,(H,17,20). The SMILES string of the molecule is CN1C2C=CC(c3ccc4[nH]c(=O)n(C)c4c3)C1CC2. The second kappa shape index (κ2) is 4.09. The third kappa shape index (κ3) is 1.54. The summed E-state index contributed by atoms with van der Waals surface area (Å²) in [5.41, 5.74) is 3.16. The summed E-state index contributed by atoms with van der Waals surface area (Å²) in [5, 5.41) is 0. The maximum Gasteiger partial charge on any atom is 0.326 e. The predicted octanol–water partition coefficient (Wildman–Crippen LogP) is 1.98. The van der Waals surface area contributed by atoms with Gasteiger partial charge in [-0.05, 0) is 37.6 Å². The Morgan fingerprint density at radius 2 is 2.05 bits per heavy atom. The highest BCUT2D eigenvalue weighted by Crippen LogP contribution is 2.39. The molecule has 1 aromatic carbocycles. The van der Waals surface area contributed by atoms with E-state index in [1.54, 1.807) is 4.57 Å². The van der Waals surface area contributed by atoms with Crippen molar-refractivity contribution in [1.29, 1.82) is 0 Å². The highest BCUT2D eigenvalue weighted by atomic mass is 16.1. The molecule has 1 saturated heterocycles. The highest BCUT2D eigenvalue weighted by molar-refractivity contribution is 5.76. The lowest BCUT2D eigenvalue weighted by Gasteiger charge is -2.33. The summed E-state index contributed by atoms with van der Waals surface area (Å²) in [6, 6.07) is 7.56. The van der Waals surface area contributed by atoms with Gasteiger partial charge in [0, 0.05) is 25.0 Å². The lowest BCUT2D eigenvalue weighted by Crippen LogP contribution is -2.37. The van der Waals surface area contributed by atoms with Crippen molar-refractivity contribution in [2.45, 2.75) is 30.8 Å². The minimum absolute atomic E-state index is 0.0469. The number of H-pyrrole nitrogens is 1. The number of benzene rings is 1. The van der Waals surface area contributed by atoms with E-state index >= 15 is 0 Å². The fraction of sp³-hybridized carbons (Fsp3) is 0.438. The third-order valence-electron chi connectivity index (χ3n) is 5.07. The Hall–Kier alpha value is -1.81. The second-order valence-electron chi connectivity index (χ2n) is 6.05. The summed E-state index contributed by atoms with van der Waals surface area (Å²) in [6.45, 7) is 0. The van der Waals surface area contributed by atoms with E-state index in [9.17, 15) is 4.79 Å². The number of nitrogens with one attached hydrogen (secondary N) is 1. The summed E-state index contributed by atoms with van der Waals surface area (Å²) < 4.78 is 1.69. The Labute approximate surface area is 117 Å². The summed E-state index contributed by atoms with van der Waals surface area (Å²) >= 11 is 0. The van der Waals surface area contributed by atoms with Crippen molar-refractivity contribution in [2.75, 3.05) is 7.05 Å². The first-order valence-corrected chi connectivity index (χ1v) is 7.24. The second-order valence-corrected chi connectivity index (χ2v) is 6.05. The van der Waals surface area contributed by atoms with Crippen LogP contribution in [0, 0.1) is 0 Å². The molecule has 1 fully saturated rings. The van der Waals surface area contributed by atoms with E-state index in [0.29, 0.717) is 18.0 Å². The molecule has 4 heteroatoms. The molecule has 3 heterocycles. The van der Waals surface area contributed by atoms with E-state index in [1.807, 2.05) is 13.1 Å². The van der Waals surface area contributed by atoms with E-state index in [1.165, 1.54) is 18.4 Å². The van der Waals surface area contributed by atoms with Crippen LogP contribution in [-0.2, 0) is 7.05 Å². The number of imidazole rings is 1. The van der Waals surface area contributed by atoms with Crippen LogP contribution in [0.15, 0.2) is 35.1 Å². The molecule has 4 nitrogen and oxygen atoms in total. The summed E-state index contributed by atoms with van der Waals surface area (Å²) in [5.74, 6) is 0.438. The van der Waals surface area contributed by atoms with E-state index in [2.05, 4.69) is 41.2 Å². The van der Waals surface area contributed by atoms with Crippen LogP contribution in [0.5, 0.6) is 0 Å². The number of fused-ring (bicyclic) bond motifs is 3. The average molecular weight is 269 g/mol. The first-order chi connectivity index (χ1) is 9.65. The van der Waals surface area contributed by atoms with Crippen LogP contribution in [0.25, 0.3) is 11.0 Å². The minimum atomic E-state index is -0.0469. The van der Waals surface area contributed by atoms with Crippen LogP contribution >= 0.6 is 0 Å². The highest BCUT2D eigenvalue weighted by Gasteiger charge is 2.37. The van der Waals surface area contributed by atoms with E-state index in [-0.39, 0.29) is 5.69 Å². The monoisotopic (exact) mass is 269 g/mol. The van der Waals surface area contributed by atoms with Crippen molar-refractivity contribution in [2.24, 2.45) is 7.05 Å². The molecule has 3 unspecified atom stereocenters. The number of rotatable bonds is 1. The lowest BCUT2D eigenvalue weighted by molar-refractivity contribution is 0.241. The zero-order valence-corrected chi connectivity index (χ0v) is 11.8. The normalized spacial score (nSPS) is 29.4. The van der Waals surface area contributed by atoms with Gasteiger partial charge in [-0.25, -0.2) is 4.79 Å². The van der Waals surface area contributed by atoms with Gasteiger partial charge in [-0.1, -0.05) is 18.2 Å². The molecular formula is C16H19N3O. The van der Waals surface area contributed by atoms with Crippen LogP contribution < -0.4 is 5.69 Å². The third-order valence-corrected chi connectivity index (χ3v) is 5.07. The van der Waals surface area contributed by atoms with Crippen LogP contribution in [-0.4, -0.2) is 33.6 Å². The number of aromatic nitrogens is 2. The Bertz CT molecular complexity index is 755. The first-order valence-electron chi connectivity index (χ1n) is 7.24. The van der Waals surface area contributed by atoms with Gasteiger partial charge in [0.25, 0.3) is 0 Å². The van der Waals surface area contributed by atoms with Gasteiger partial charge in [-0.2, -0.15) is 0 Å². The van der Waals surface area contributed by atoms with Crippen molar-refractivity contribution in [3.8, 4) is 0 Å². The van der Waals surface area contributed by atoms with E-state index < -0.39 is 0 Å². The Kier molecular flexibility index (Phi) is 2.45. The van der Waals surface area contributed by atoms with Crippen molar-refractivity contribution < 1.29 is 0 Å². The molecule has 4 rings (SSSR count). The smallest absolute Gasteiger partial charge is 0.306 e. The van der Waals surface area contributed by atoms with Gasteiger partial charge in [0.15, 0.2) is 0 Å². The number of aryl methyl sites for hydroxylation is 1. The van der Waals surface area contributed by atoms with Gasteiger partial charge < -0.3 is 4.98 Å². The molecule has 1 N–H and O–H groups in total. The van der Waals surface area contributed by atoms with Gasteiger partial charge in [-0.15, -0.1) is 0 Å². The molecule has 0 spiro atoms. The molecular weight excluding hydrogens is 250 g/mol. The van der Waals surface area contributed by atoms with Crippen molar-refractivity contribution in [1.82, 2.24) is 14.5 Å². The molecule has 2 aliphatic heterocycles. The van der Waals surface area contributed by atoms with Crippen molar-refractivity contribution >= 4 is 11.0 Å². The maximum atomic E-state index is 11.7. The molecule has 0 amide bonds. The Balaban J connectivity index is 1.82. The quantitative estimate of drug-likeness (QED) is 0.804. The van der Waals surface area contributed by atoms with Crippen molar-refractivity contribution in [3.05, 3.63) is 46.4 Å². The van der Waals surface area contributed by atoms with Gasteiger partial charge in [0.2, 0.25) is 0 Å². The van der Waals surface area contributed by atoms with Crippen LogP contribution in [0.3, 0.4) is 0 Å². The Morgan fingerprint density at radius 3 is 2.90 bits per heavy atom. The lowest BCUT2D eigenvalue weighted by atomic mass is 9.88. The molecule has 20 heavy (non-hydrogen) atoms. The molecule has 2 aliphatic rings. The summed E-state index contributed by atoms with van der Waals surface area (Å²) in [4.78, 5) is 17.1. The molecule has 0 radical (unpaired) electrons. The fourth-order valence-electron chi connectivity index (χ4n) is 3.82. The zero-order chi connectivity index (χ0) is 13.9. The number of aromatic amines is 1. The molecule has 0 aliphatic carbocycles. The van der Waals surface area contributed by atoms with Crippen LogP contribution in [0.4, 0.5) is 0 Å². The molecule has 0 saturated carbocycles. The van der Waals surface area contributed by atoms with Crippen LogP contribution in [0.1, 0.15) is 24.3 Å². The number of hydrogen-bond acceptors (Lipinski definition) is 2. The number of likely N-dealkylation sites (N-methyl/N-ethyl adjacent to an activating group) is 1. The molecule has 2 bridgehead atoms. The minimum Gasteiger partial charge on any atom is -0.306 e. The Morgan fingerprint density at radius 1 is 1.20 bits per heavy atom. The average Bonchev–Trinajstić information content (AvgIpc) is 2.84. The molecule has 3 atom stereocenters. The molecule has 104 valence electrons. The predicted molar refractivity (Wildman–Crippen MR) is 80.0 cm³/mol.